The maximum atomic E-state index is 11.8. The molecule has 0 aliphatic rings. The van der Waals surface area contributed by atoms with Crippen LogP contribution in [0, 0.1) is 0 Å². The van der Waals surface area contributed by atoms with Crippen molar-refractivity contribution in [2.75, 3.05) is 12.3 Å². The molecule has 0 radical (unpaired) electrons. The number of rotatable bonds is 5. The van der Waals surface area contributed by atoms with E-state index in [1.807, 2.05) is 31.2 Å². The van der Waals surface area contributed by atoms with Crippen LogP contribution in [0.5, 0.6) is 5.75 Å². The second-order valence-electron chi connectivity index (χ2n) is 4.33. The highest BCUT2D eigenvalue weighted by atomic mass is 16.5. The molecule has 0 aromatic heterocycles. The lowest BCUT2D eigenvalue weighted by Crippen LogP contribution is -2.17. The Morgan fingerprint density at radius 3 is 2.71 bits per heavy atom. The average molecular weight is 283 g/mol. The fourth-order valence-corrected chi connectivity index (χ4v) is 1.73. The van der Waals surface area contributed by atoms with Crippen molar-refractivity contribution in [2.24, 2.45) is 5.10 Å². The Labute approximate surface area is 123 Å². The van der Waals surface area contributed by atoms with E-state index in [1.165, 1.54) is 0 Å². The summed E-state index contributed by atoms with van der Waals surface area (Å²) in [4.78, 5) is 11.8. The minimum Gasteiger partial charge on any atom is -0.494 e. The van der Waals surface area contributed by atoms with Gasteiger partial charge in [-0.2, -0.15) is 5.10 Å². The molecule has 0 aliphatic heterocycles. The van der Waals surface area contributed by atoms with E-state index >= 15 is 0 Å². The predicted octanol–water partition coefficient (Wildman–Crippen LogP) is 2.43. The van der Waals surface area contributed by atoms with Crippen LogP contribution < -0.4 is 15.9 Å². The minimum atomic E-state index is -0.301. The molecule has 0 bridgehead atoms. The van der Waals surface area contributed by atoms with Gasteiger partial charge in [-0.1, -0.05) is 6.07 Å². The summed E-state index contributed by atoms with van der Waals surface area (Å²) in [6.07, 6.45) is 1.57. The molecular weight excluding hydrogens is 266 g/mol. The first kappa shape index (κ1) is 14.6. The van der Waals surface area contributed by atoms with Crippen LogP contribution in [0.25, 0.3) is 0 Å². The summed E-state index contributed by atoms with van der Waals surface area (Å²) in [7, 11) is 0. The number of ether oxygens (including phenoxy) is 1. The summed E-state index contributed by atoms with van der Waals surface area (Å²) in [5.41, 5.74) is 9.96. The highest BCUT2D eigenvalue weighted by Crippen LogP contribution is 2.10. The van der Waals surface area contributed by atoms with Crippen LogP contribution in [-0.4, -0.2) is 18.7 Å². The zero-order valence-corrected chi connectivity index (χ0v) is 11.7. The van der Waals surface area contributed by atoms with E-state index in [-0.39, 0.29) is 5.91 Å². The van der Waals surface area contributed by atoms with Crippen molar-refractivity contribution >= 4 is 17.8 Å². The first-order chi connectivity index (χ1) is 10.2. The highest BCUT2D eigenvalue weighted by Gasteiger charge is 2.03. The zero-order chi connectivity index (χ0) is 15.1. The normalized spacial score (nSPS) is 10.5. The molecule has 2 aromatic carbocycles. The molecule has 0 spiro atoms. The van der Waals surface area contributed by atoms with Crippen molar-refractivity contribution < 1.29 is 9.53 Å². The van der Waals surface area contributed by atoms with Gasteiger partial charge in [-0.05, 0) is 55.0 Å². The lowest BCUT2D eigenvalue weighted by atomic mass is 10.2. The molecule has 0 aliphatic carbocycles. The van der Waals surface area contributed by atoms with E-state index in [9.17, 15) is 4.79 Å². The molecular formula is C16H17N3O2. The van der Waals surface area contributed by atoms with Gasteiger partial charge in [0.05, 0.1) is 12.8 Å². The fraction of sp³-hybridized carbons (Fsp3) is 0.125. The number of hydrogen-bond acceptors (Lipinski definition) is 4. The molecule has 0 atom stereocenters. The van der Waals surface area contributed by atoms with Gasteiger partial charge in [0.25, 0.3) is 5.91 Å². The summed E-state index contributed by atoms with van der Waals surface area (Å²) in [6, 6.07) is 14.2. The Bertz CT molecular complexity index is 636. The van der Waals surface area contributed by atoms with Crippen LogP contribution in [0.3, 0.4) is 0 Å². The predicted molar refractivity (Wildman–Crippen MR) is 83.5 cm³/mol. The fourth-order valence-electron chi connectivity index (χ4n) is 1.73. The van der Waals surface area contributed by atoms with Gasteiger partial charge in [0.2, 0.25) is 0 Å². The maximum absolute atomic E-state index is 11.8. The van der Waals surface area contributed by atoms with Crippen molar-refractivity contribution in [1.29, 1.82) is 0 Å². The van der Waals surface area contributed by atoms with Gasteiger partial charge >= 0.3 is 0 Å². The number of carbonyl (C=O) groups is 1. The standard InChI is InChI=1S/C16H17N3O2/c1-2-21-15-8-6-12(7-9-15)11-18-19-16(20)13-4-3-5-14(17)10-13/h3-11H,2,17H2,1H3,(H,19,20)/b18-11+. The van der Waals surface area contributed by atoms with Crippen LogP contribution in [0.15, 0.2) is 53.6 Å². The molecule has 2 rings (SSSR count). The van der Waals surface area contributed by atoms with E-state index < -0.39 is 0 Å². The number of nitrogens with one attached hydrogen (secondary N) is 1. The van der Waals surface area contributed by atoms with E-state index in [0.29, 0.717) is 17.9 Å². The topological polar surface area (TPSA) is 76.7 Å². The second-order valence-corrected chi connectivity index (χ2v) is 4.33. The summed E-state index contributed by atoms with van der Waals surface area (Å²) < 4.78 is 5.35. The zero-order valence-electron chi connectivity index (χ0n) is 11.7. The van der Waals surface area contributed by atoms with Crippen molar-refractivity contribution in [1.82, 2.24) is 5.43 Å². The van der Waals surface area contributed by atoms with Crippen LogP contribution in [0.4, 0.5) is 5.69 Å². The number of amides is 1. The number of anilines is 1. The number of hydrazone groups is 1. The number of benzene rings is 2. The van der Waals surface area contributed by atoms with Crippen molar-refractivity contribution in [2.45, 2.75) is 6.92 Å². The first-order valence-corrected chi connectivity index (χ1v) is 6.61. The third kappa shape index (κ3) is 4.35. The summed E-state index contributed by atoms with van der Waals surface area (Å²) in [5.74, 6) is 0.503. The number of nitrogens with zero attached hydrogens (tertiary/aromatic N) is 1. The van der Waals surface area contributed by atoms with Crippen LogP contribution in [0.1, 0.15) is 22.8 Å². The molecule has 1 amide bonds. The van der Waals surface area contributed by atoms with E-state index in [1.54, 1.807) is 30.5 Å². The van der Waals surface area contributed by atoms with Crippen LogP contribution in [-0.2, 0) is 0 Å². The number of nitrogens with two attached hydrogens (primary N) is 1. The largest absolute Gasteiger partial charge is 0.494 e. The van der Waals surface area contributed by atoms with Gasteiger partial charge in [-0.15, -0.1) is 0 Å². The molecule has 2 aromatic rings. The molecule has 0 fully saturated rings. The van der Waals surface area contributed by atoms with Gasteiger partial charge in [0.1, 0.15) is 5.75 Å². The monoisotopic (exact) mass is 283 g/mol. The quantitative estimate of drug-likeness (QED) is 0.502. The Morgan fingerprint density at radius 2 is 2.05 bits per heavy atom. The summed E-state index contributed by atoms with van der Waals surface area (Å²) >= 11 is 0. The third-order valence-corrected chi connectivity index (χ3v) is 2.72. The van der Waals surface area contributed by atoms with Gasteiger partial charge in [-0.25, -0.2) is 5.43 Å². The van der Waals surface area contributed by atoms with Crippen LogP contribution in [0.2, 0.25) is 0 Å². The van der Waals surface area contributed by atoms with Gasteiger partial charge in [0, 0.05) is 11.3 Å². The molecule has 3 N–H and O–H groups in total. The number of carbonyl (C=O) groups excluding carboxylic acids is 1. The average Bonchev–Trinajstić information content (AvgIpc) is 2.49. The first-order valence-electron chi connectivity index (χ1n) is 6.61. The number of hydrogen-bond donors (Lipinski definition) is 2. The Kier molecular flexibility index (Phi) is 4.93. The molecule has 108 valence electrons. The highest BCUT2D eigenvalue weighted by molar-refractivity contribution is 5.95. The van der Waals surface area contributed by atoms with Gasteiger partial charge in [0.15, 0.2) is 0 Å². The molecule has 5 heteroatoms. The molecule has 0 saturated heterocycles. The van der Waals surface area contributed by atoms with E-state index in [0.717, 1.165) is 11.3 Å². The molecule has 0 heterocycles. The summed E-state index contributed by atoms with van der Waals surface area (Å²) in [6.45, 7) is 2.56. The van der Waals surface area contributed by atoms with Gasteiger partial charge in [-0.3, -0.25) is 4.79 Å². The second kappa shape index (κ2) is 7.09. The van der Waals surface area contributed by atoms with Crippen molar-refractivity contribution in [3.8, 4) is 5.75 Å². The van der Waals surface area contributed by atoms with E-state index in [2.05, 4.69) is 10.5 Å². The lowest BCUT2D eigenvalue weighted by Gasteiger charge is -2.02. The Morgan fingerprint density at radius 1 is 1.29 bits per heavy atom. The van der Waals surface area contributed by atoms with Crippen molar-refractivity contribution in [3.63, 3.8) is 0 Å². The van der Waals surface area contributed by atoms with Crippen LogP contribution >= 0.6 is 0 Å². The third-order valence-electron chi connectivity index (χ3n) is 2.72. The molecule has 0 unspecified atom stereocenters. The smallest absolute Gasteiger partial charge is 0.271 e. The maximum Gasteiger partial charge on any atom is 0.271 e. The number of nitrogen functional groups attached to an aromatic ring is 1. The SMILES string of the molecule is CCOc1ccc(/C=N/NC(=O)c2cccc(N)c2)cc1. The summed E-state index contributed by atoms with van der Waals surface area (Å²) in [5, 5.41) is 3.92. The molecule has 21 heavy (non-hydrogen) atoms. The Hall–Kier alpha value is -2.82. The minimum absolute atomic E-state index is 0.301. The molecule has 0 saturated carbocycles. The molecule has 5 nitrogen and oxygen atoms in total. The lowest BCUT2D eigenvalue weighted by molar-refractivity contribution is 0.0955. The Balaban J connectivity index is 1.94. The van der Waals surface area contributed by atoms with Crippen molar-refractivity contribution in [3.05, 3.63) is 59.7 Å². The van der Waals surface area contributed by atoms with E-state index in [4.69, 9.17) is 10.5 Å². The van der Waals surface area contributed by atoms with Gasteiger partial charge < -0.3 is 10.5 Å².